The number of carbonyl (C=O) groups excluding carboxylic acids is 3. The zero-order chi connectivity index (χ0) is 24.5. The van der Waals surface area contributed by atoms with Gasteiger partial charge in [0.2, 0.25) is 0 Å². The molecule has 0 heterocycles. The van der Waals surface area contributed by atoms with Crippen molar-refractivity contribution in [2.75, 3.05) is 26.4 Å². The third-order valence-electron chi connectivity index (χ3n) is 3.89. The molecular formula is C19H28N2O12. The Morgan fingerprint density at radius 1 is 0.727 bits per heavy atom. The molecule has 14 heteroatoms. The first-order chi connectivity index (χ1) is 15.8. The number of para-hydroxylation sites is 1. The lowest BCUT2D eigenvalue weighted by molar-refractivity contribution is -0.492. The first-order valence-electron chi connectivity index (χ1n) is 10.0. The van der Waals surface area contributed by atoms with Crippen molar-refractivity contribution in [3.63, 3.8) is 0 Å². The zero-order valence-electron chi connectivity index (χ0n) is 17.8. The maximum atomic E-state index is 12.3. The Morgan fingerprint density at radius 3 is 2.00 bits per heavy atom. The van der Waals surface area contributed by atoms with Gasteiger partial charge in [0.25, 0.3) is 0 Å². The molecule has 1 aromatic rings. The summed E-state index contributed by atoms with van der Waals surface area (Å²) in [4.78, 5) is 44.7. The Bertz CT molecular complexity index is 728. The molecular weight excluding hydrogens is 448 g/mol. The highest BCUT2D eigenvalue weighted by molar-refractivity contribution is 5.94. The minimum absolute atomic E-state index is 0.00955. The molecule has 0 aliphatic heterocycles. The molecule has 0 aromatic heterocycles. The summed E-state index contributed by atoms with van der Waals surface area (Å²) in [5.41, 5.74) is -0.0345. The SMILES string of the molecule is O=C(COC(=O)c1ccccc1OC(=O)CCCCCON(O)O)OCCCCON(O)O. The van der Waals surface area contributed by atoms with Crippen LogP contribution < -0.4 is 4.74 Å². The summed E-state index contributed by atoms with van der Waals surface area (Å²) in [6.07, 6.45) is 2.37. The van der Waals surface area contributed by atoms with E-state index in [2.05, 4.69) is 9.68 Å². The summed E-state index contributed by atoms with van der Waals surface area (Å²) in [7, 11) is 0. The number of hydrogen-bond acceptors (Lipinski definition) is 14. The second-order valence-corrected chi connectivity index (χ2v) is 6.46. The number of hydrogen-bond donors (Lipinski definition) is 4. The van der Waals surface area contributed by atoms with Gasteiger partial charge < -0.3 is 14.2 Å². The predicted octanol–water partition coefficient (Wildman–Crippen LogP) is 1.66. The topological polar surface area (TPSA) is 185 Å². The average molecular weight is 476 g/mol. The standard InChI is InChI=1S/C19H28N2O12/c22-17(10-2-1-5-12-31-20(25)26)33-16-9-4-3-8-15(16)19(24)30-14-18(23)29-11-6-7-13-32-21(27)28/h3-4,8-9,25-28H,1-2,5-7,10-14H2. The molecule has 0 saturated carbocycles. The molecule has 0 unspecified atom stereocenters. The van der Waals surface area contributed by atoms with E-state index in [0.29, 0.717) is 32.1 Å². The van der Waals surface area contributed by atoms with Gasteiger partial charge in [-0.05, 0) is 37.8 Å². The fourth-order valence-electron chi connectivity index (χ4n) is 2.37. The molecule has 33 heavy (non-hydrogen) atoms. The molecule has 0 radical (unpaired) electrons. The van der Waals surface area contributed by atoms with E-state index in [1.54, 1.807) is 12.1 Å². The predicted molar refractivity (Wildman–Crippen MR) is 104 cm³/mol. The number of esters is 3. The second kappa shape index (κ2) is 16.9. The van der Waals surface area contributed by atoms with Crippen LogP contribution in [0.5, 0.6) is 5.75 Å². The van der Waals surface area contributed by atoms with Gasteiger partial charge in [0.15, 0.2) is 6.61 Å². The van der Waals surface area contributed by atoms with Gasteiger partial charge in [0.05, 0.1) is 30.6 Å². The van der Waals surface area contributed by atoms with Gasteiger partial charge in [-0.2, -0.15) is 0 Å². The third-order valence-corrected chi connectivity index (χ3v) is 3.89. The highest BCUT2D eigenvalue weighted by Crippen LogP contribution is 2.20. The van der Waals surface area contributed by atoms with Gasteiger partial charge >= 0.3 is 17.9 Å². The van der Waals surface area contributed by atoms with E-state index >= 15 is 0 Å². The van der Waals surface area contributed by atoms with E-state index in [1.807, 2.05) is 0 Å². The van der Waals surface area contributed by atoms with Gasteiger partial charge in [0.1, 0.15) is 11.3 Å². The van der Waals surface area contributed by atoms with Crippen LogP contribution in [-0.4, -0.2) is 75.9 Å². The molecule has 1 aromatic carbocycles. The first-order valence-corrected chi connectivity index (χ1v) is 10.0. The lowest BCUT2D eigenvalue weighted by Gasteiger charge is -2.10. The van der Waals surface area contributed by atoms with Crippen molar-refractivity contribution in [1.82, 2.24) is 10.8 Å². The lowest BCUT2D eigenvalue weighted by Crippen LogP contribution is -2.19. The summed E-state index contributed by atoms with van der Waals surface area (Å²) in [6, 6.07) is 5.91. The van der Waals surface area contributed by atoms with Gasteiger partial charge in [-0.15, -0.1) is 0 Å². The van der Waals surface area contributed by atoms with Crippen LogP contribution >= 0.6 is 0 Å². The van der Waals surface area contributed by atoms with Crippen molar-refractivity contribution in [2.24, 2.45) is 0 Å². The molecule has 0 fully saturated rings. The Kier molecular flexibility index (Phi) is 14.5. The van der Waals surface area contributed by atoms with E-state index in [-0.39, 0.29) is 42.9 Å². The van der Waals surface area contributed by atoms with Gasteiger partial charge in [-0.1, -0.05) is 18.6 Å². The van der Waals surface area contributed by atoms with Crippen LogP contribution in [0, 0.1) is 0 Å². The molecule has 0 atom stereocenters. The Morgan fingerprint density at radius 2 is 1.33 bits per heavy atom. The largest absolute Gasteiger partial charge is 0.463 e. The van der Waals surface area contributed by atoms with Crippen molar-refractivity contribution in [3.05, 3.63) is 29.8 Å². The highest BCUT2D eigenvalue weighted by Gasteiger charge is 2.18. The lowest BCUT2D eigenvalue weighted by atomic mass is 10.2. The molecule has 0 aliphatic carbocycles. The van der Waals surface area contributed by atoms with Crippen LogP contribution in [0.15, 0.2) is 24.3 Å². The molecule has 1 rings (SSSR count). The summed E-state index contributed by atoms with van der Waals surface area (Å²) in [5, 5.41) is 32.7. The average Bonchev–Trinajstić information content (AvgIpc) is 2.76. The Hall–Kier alpha value is -2.69. The molecule has 0 saturated heterocycles. The Balaban J connectivity index is 2.34. The number of carbonyl (C=O) groups is 3. The molecule has 0 bridgehead atoms. The number of ether oxygens (including phenoxy) is 3. The minimum atomic E-state index is -0.871. The van der Waals surface area contributed by atoms with Gasteiger partial charge in [-0.25, -0.2) is 9.59 Å². The van der Waals surface area contributed by atoms with E-state index in [4.69, 9.17) is 35.0 Å². The van der Waals surface area contributed by atoms with Crippen LogP contribution in [0.25, 0.3) is 0 Å². The summed E-state index contributed by atoms with van der Waals surface area (Å²) in [6.45, 7) is -0.537. The monoisotopic (exact) mass is 476 g/mol. The number of unbranched alkanes of at least 4 members (excludes halogenated alkanes) is 3. The van der Waals surface area contributed by atoms with Crippen LogP contribution in [0.2, 0.25) is 0 Å². The smallest absolute Gasteiger partial charge is 0.344 e. The summed E-state index contributed by atoms with van der Waals surface area (Å²) in [5.74, 6) is -2.23. The quantitative estimate of drug-likeness (QED) is 0.110. The van der Waals surface area contributed by atoms with Crippen molar-refractivity contribution in [3.8, 4) is 5.75 Å². The zero-order valence-corrected chi connectivity index (χ0v) is 17.8. The third kappa shape index (κ3) is 14.1. The van der Waals surface area contributed by atoms with Crippen molar-refractivity contribution in [1.29, 1.82) is 0 Å². The van der Waals surface area contributed by atoms with E-state index in [1.165, 1.54) is 12.1 Å². The van der Waals surface area contributed by atoms with Gasteiger partial charge in [-0.3, -0.25) is 35.3 Å². The molecule has 4 N–H and O–H groups in total. The summed E-state index contributed by atoms with van der Waals surface area (Å²) < 4.78 is 15.0. The number of rotatable bonds is 17. The Labute approximate surface area is 189 Å². The van der Waals surface area contributed by atoms with E-state index < -0.39 is 29.9 Å². The van der Waals surface area contributed by atoms with Crippen LogP contribution in [-0.2, 0) is 28.7 Å². The fraction of sp³-hybridized carbons (Fsp3) is 0.526. The maximum absolute atomic E-state index is 12.3. The highest BCUT2D eigenvalue weighted by atomic mass is 17.1. The van der Waals surface area contributed by atoms with Crippen LogP contribution in [0.3, 0.4) is 0 Å². The number of benzene rings is 1. The molecule has 14 nitrogen and oxygen atoms in total. The molecule has 0 spiro atoms. The van der Waals surface area contributed by atoms with Gasteiger partial charge in [0, 0.05) is 6.42 Å². The molecule has 0 amide bonds. The minimum Gasteiger partial charge on any atom is -0.463 e. The second-order valence-electron chi connectivity index (χ2n) is 6.46. The van der Waals surface area contributed by atoms with Crippen molar-refractivity contribution < 1.29 is 59.1 Å². The normalized spacial score (nSPS) is 11.0. The van der Waals surface area contributed by atoms with Crippen LogP contribution in [0.1, 0.15) is 48.9 Å². The maximum Gasteiger partial charge on any atom is 0.344 e. The summed E-state index contributed by atoms with van der Waals surface area (Å²) >= 11 is 0. The molecule has 0 aliphatic rings. The fourth-order valence-corrected chi connectivity index (χ4v) is 2.37. The van der Waals surface area contributed by atoms with Crippen molar-refractivity contribution in [2.45, 2.75) is 38.5 Å². The number of nitrogens with zero attached hydrogens (tertiary/aromatic N) is 2. The van der Waals surface area contributed by atoms with Crippen molar-refractivity contribution >= 4 is 17.9 Å². The van der Waals surface area contributed by atoms with Crippen LogP contribution in [0.4, 0.5) is 0 Å². The first kappa shape index (κ1) is 28.3. The molecule has 186 valence electrons. The van der Waals surface area contributed by atoms with E-state index in [9.17, 15) is 14.4 Å². The van der Waals surface area contributed by atoms with E-state index in [0.717, 1.165) is 0 Å².